The molecule has 0 aliphatic carbocycles. The molecule has 0 atom stereocenters. The van der Waals surface area contributed by atoms with Crippen molar-refractivity contribution < 1.29 is 5.11 Å². The van der Waals surface area contributed by atoms with Crippen LogP contribution in [0.15, 0.2) is 0 Å². The van der Waals surface area contributed by atoms with E-state index in [1.807, 2.05) is 13.8 Å². The quantitative estimate of drug-likeness (QED) is 0.757. The molecule has 0 saturated carbocycles. The van der Waals surface area contributed by atoms with E-state index >= 15 is 0 Å². The van der Waals surface area contributed by atoms with E-state index in [2.05, 4.69) is 23.9 Å². The first-order valence-electron chi connectivity index (χ1n) is 5.99. The highest BCUT2D eigenvalue weighted by atomic mass is 16.3. The van der Waals surface area contributed by atoms with Crippen LogP contribution >= 0.6 is 0 Å². The lowest BCUT2D eigenvalue weighted by Gasteiger charge is -2.38. The molecule has 0 aromatic carbocycles. The van der Waals surface area contributed by atoms with Crippen molar-refractivity contribution in [3.63, 3.8) is 0 Å². The zero-order chi connectivity index (χ0) is 11.5. The normalized spacial score (nSPS) is 21.2. The zero-order valence-corrected chi connectivity index (χ0v) is 10.7. The Morgan fingerprint density at radius 2 is 1.80 bits per heavy atom. The van der Waals surface area contributed by atoms with Gasteiger partial charge in [0.25, 0.3) is 0 Å². The van der Waals surface area contributed by atoms with Crippen LogP contribution in [-0.2, 0) is 0 Å². The Morgan fingerprint density at radius 1 is 1.27 bits per heavy atom. The molecule has 1 N–H and O–H groups in total. The monoisotopic (exact) mass is 214 g/mol. The number of hydrogen-bond donors (Lipinski definition) is 1. The second kappa shape index (κ2) is 5.28. The Hall–Kier alpha value is -0.120. The minimum absolute atomic E-state index is 0.480. The van der Waals surface area contributed by atoms with Crippen LogP contribution in [0.1, 0.15) is 26.7 Å². The van der Waals surface area contributed by atoms with Crippen molar-refractivity contribution >= 4 is 0 Å². The zero-order valence-electron chi connectivity index (χ0n) is 10.7. The smallest absolute Gasteiger partial charge is 0.0620 e. The lowest BCUT2D eigenvalue weighted by molar-refractivity contribution is -0.0130. The van der Waals surface area contributed by atoms with E-state index < -0.39 is 5.60 Å². The number of rotatable bonds is 4. The van der Waals surface area contributed by atoms with E-state index in [4.69, 9.17) is 0 Å². The summed E-state index contributed by atoms with van der Waals surface area (Å²) in [6.45, 7) is 8.45. The van der Waals surface area contributed by atoms with Gasteiger partial charge in [0.15, 0.2) is 0 Å². The maximum absolute atomic E-state index is 9.92. The Balaban J connectivity index is 2.24. The average Bonchev–Trinajstić information content (AvgIpc) is 2.14. The van der Waals surface area contributed by atoms with Crippen molar-refractivity contribution in [3.8, 4) is 0 Å². The Bertz CT molecular complexity index is 179. The molecule has 0 radical (unpaired) electrons. The summed E-state index contributed by atoms with van der Waals surface area (Å²) < 4.78 is 0. The van der Waals surface area contributed by atoms with Gasteiger partial charge in [-0.2, -0.15) is 0 Å². The van der Waals surface area contributed by atoms with Crippen molar-refractivity contribution in [3.05, 3.63) is 0 Å². The molecule has 0 amide bonds. The van der Waals surface area contributed by atoms with Gasteiger partial charge >= 0.3 is 0 Å². The molecule has 1 aliphatic rings. The third kappa shape index (κ3) is 4.49. The first-order valence-corrected chi connectivity index (χ1v) is 5.99. The molecule has 0 aromatic heterocycles. The largest absolute Gasteiger partial charge is 0.390 e. The predicted molar refractivity (Wildman–Crippen MR) is 64.0 cm³/mol. The molecule has 15 heavy (non-hydrogen) atoms. The summed E-state index contributed by atoms with van der Waals surface area (Å²) in [5, 5.41) is 9.92. The van der Waals surface area contributed by atoms with Crippen molar-refractivity contribution in [2.24, 2.45) is 5.92 Å². The molecule has 1 aliphatic heterocycles. The highest BCUT2D eigenvalue weighted by Gasteiger charge is 2.30. The molecule has 0 spiro atoms. The van der Waals surface area contributed by atoms with Gasteiger partial charge in [0.1, 0.15) is 0 Å². The fourth-order valence-corrected chi connectivity index (χ4v) is 2.20. The summed E-state index contributed by atoms with van der Waals surface area (Å²) in [7, 11) is 4.23. The molecule has 90 valence electrons. The van der Waals surface area contributed by atoms with Crippen LogP contribution in [0.3, 0.4) is 0 Å². The Morgan fingerprint density at radius 3 is 2.20 bits per heavy atom. The minimum atomic E-state index is -0.492. The van der Waals surface area contributed by atoms with Crippen molar-refractivity contribution in [2.45, 2.75) is 32.3 Å². The molecule has 0 bridgehead atoms. The summed E-state index contributed by atoms with van der Waals surface area (Å²) in [4.78, 5) is 4.73. The Kier molecular flexibility index (Phi) is 4.56. The maximum Gasteiger partial charge on any atom is 0.0620 e. The fraction of sp³-hybridized carbons (Fsp3) is 1.00. The lowest BCUT2D eigenvalue weighted by Crippen LogP contribution is -2.43. The molecule has 1 fully saturated rings. The molecule has 3 nitrogen and oxygen atoms in total. The van der Waals surface area contributed by atoms with Crippen LogP contribution in [0.4, 0.5) is 0 Å². The highest BCUT2D eigenvalue weighted by molar-refractivity contribution is 4.83. The molecular formula is C12H26N2O. The molecule has 0 unspecified atom stereocenters. The van der Waals surface area contributed by atoms with Crippen LogP contribution in [0.25, 0.3) is 0 Å². The summed E-state index contributed by atoms with van der Waals surface area (Å²) in [6, 6.07) is 0. The average molecular weight is 214 g/mol. The van der Waals surface area contributed by atoms with Crippen molar-refractivity contribution in [1.82, 2.24) is 9.80 Å². The van der Waals surface area contributed by atoms with Crippen molar-refractivity contribution in [1.29, 1.82) is 0 Å². The number of hydrogen-bond acceptors (Lipinski definition) is 3. The van der Waals surface area contributed by atoms with E-state index in [0.29, 0.717) is 5.92 Å². The van der Waals surface area contributed by atoms with Gasteiger partial charge in [-0.1, -0.05) is 0 Å². The van der Waals surface area contributed by atoms with Gasteiger partial charge in [0.05, 0.1) is 5.60 Å². The lowest BCUT2D eigenvalue weighted by atomic mass is 9.83. The van der Waals surface area contributed by atoms with Crippen LogP contribution in [0.2, 0.25) is 0 Å². The molecule has 3 heteroatoms. The maximum atomic E-state index is 9.92. The van der Waals surface area contributed by atoms with E-state index in [1.54, 1.807) is 0 Å². The number of nitrogens with zero attached hydrogens (tertiary/aromatic N) is 2. The van der Waals surface area contributed by atoms with Gasteiger partial charge < -0.3 is 14.9 Å². The van der Waals surface area contributed by atoms with Gasteiger partial charge in [-0.15, -0.1) is 0 Å². The second-order valence-electron chi connectivity index (χ2n) is 5.57. The molecule has 1 saturated heterocycles. The summed E-state index contributed by atoms with van der Waals surface area (Å²) >= 11 is 0. The van der Waals surface area contributed by atoms with Gasteiger partial charge in [-0.3, -0.25) is 0 Å². The fourth-order valence-electron chi connectivity index (χ4n) is 2.20. The van der Waals surface area contributed by atoms with E-state index in [-0.39, 0.29) is 0 Å². The Labute approximate surface area is 94.1 Å². The van der Waals surface area contributed by atoms with E-state index in [0.717, 1.165) is 39.0 Å². The first-order chi connectivity index (χ1) is 6.89. The van der Waals surface area contributed by atoms with Crippen molar-refractivity contribution in [2.75, 3.05) is 40.3 Å². The van der Waals surface area contributed by atoms with Crippen LogP contribution in [-0.4, -0.2) is 60.8 Å². The standard InChI is InChI=1S/C12H26N2O/c1-12(2,15)11-5-7-14(8-6-11)10-9-13(3)4/h11,15H,5-10H2,1-4H3. The van der Waals surface area contributed by atoms with Gasteiger partial charge in [-0.05, 0) is 59.8 Å². The second-order valence-corrected chi connectivity index (χ2v) is 5.57. The summed E-state index contributed by atoms with van der Waals surface area (Å²) in [5.41, 5.74) is -0.492. The highest BCUT2D eigenvalue weighted by Crippen LogP contribution is 2.27. The van der Waals surface area contributed by atoms with Gasteiger partial charge in [0.2, 0.25) is 0 Å². The molecular weight excluding hydrogens is 188 g/mol. The SMILES string of the molecule is CN(C)CCN1CCC(C(C)(C)O)CC1. The third-order valence-corrected chi connectivity index (χ3v) is 3.45. The van der Waals surface area contributed by atoms with Crippen LogP contribution in [0, 0.1) is 5.92 Å². The first kappa shape index (κ1) is 12.9. The van der Waals surface area contributed by atoms with Crippen LogP contribution in [0.5, 0.6) is 0 Å². The van der Waals surface area contributed by atoms with E-state index in [1.165, 1.54) is 0 Å². The number of likely N-dealkylation sites (N-methyl/N-ethyl adjacent to an activating group) is 1. The molecule has 1 heterocycles. The van der Waals surface area contributed by atoms with Gasteiger partial charge in [-0.25, -0.2) is 0 Å². The topological polar surface area (TPSA) is 26.7 Å². The third-order valence-electron chi connectivity index (χ3n) is 3.45. The van der Waals surface area contributed by atoms with E-state index in [9.17, 15) is 5.11 Å². The summed E-state index contributed by atoms with van der Waals surface area (Å²) in [6.07, 6.45) is 2.27. The number of piperidine rings is 1. The van der Waals surface area contributed by atoms with Gasteiger partial charge in [0, 0.05) is 13.1 Å². The minimum Gasteiger partial charge on any atom is -0.390 e. The number of aliphatic hydroxyl groups is 1. The number of likely N-dealkylation sites (tertiary alicyclic amines) is 1. The molecule has 0 aromatic rings. The summed E-state index contributed by atoms with van der Waals surface area (Å²) in [5.74, 6) is 0.480. The van der Waals surface area contributed by atoms with Crippen LogP contribution < -0.4 is 0 Å². The molecule has 1 rings (SSSR count). The predicted octanol–water partition coefficient (Wildman–Crippen LogP) is 1.03.